The van der Waals surface area contributed by atoms with Gasteiger partial charge in [-0.25, -0.2) is 8.78 Å². The number of hydrogen-bond acceptors (Lipinski definition) is 2. The summed E-state index contributed by atoms with van der Waals surface area (Å²) in [5.74, 6) is -3.12. The summed E-state index contributed by atoms with van der Waals surface area (Å²) in [6.07, 6.45) is -0.439. The van der Waals surface area contributed by atoms with E-state index in [0.717, 1.165) is 5.56 Å². The Hall–Kier alpha value is -1.20. The van der Waals surface area contributed by atoms with Gasteiger partial charge in [0.25, 0.3) is 5.92 Å². The van der Waals surface area contributed by atoms with Crippen molar-refractivity contribution in [1.29, 1.82) is 0 Å². The lowest BCUT2D eigenvalue weighted by atomic mass is 10.1. The lowest BCUT2D eigenvalue weighted by Crippen LogP contribution is -2.41. The third kappa shape index (κ3) is 3.64. The summed E-state index contributed by atoms with van der Waals surface area (Å²) in [5, 5.41) is 3.14. The van der Waals surface area contributed by atoms with Gasteiger partial charge in [0.15, 0.2) is 0 Å². The first-order valence-corrected chi connectivity index (χ1v) is 6.36. The van der Waals surface area contributed by atoms with Crippen LogP contribution in [-0.4, -0.2) is 36.4 Å². The van der Waals surface area contributed by atoms with Crippen LogP contribution in [0.2, 0.25) is 5.02 Å². The average Bonchev–Trinajstić information content (AvgIpc) is 2.68. The maximum Gasteiger partial charge on any atom is 0.262 e. The van der Waals surface area contributed by atoms with Crippen molar-refractivity contribution < 1.29 is 13.6 Å². The first-order chi connectivity index (χ1) is 8.87. The molecule has 0 radical (unpaired) electrons. The molecule has 1 aromatic carbocycles. The third-order valence-electron chi connectivity index (χ3n) is 3.09. The van der Waals surface area contributed by atoms with E-state index in [4.69, 9.17) is 11.6 Å². The number of alkyl halides is 2. The van der Waals surface area contributed by atoms with Crippen LogP contribution >= 0.6 is 11.6 Å². The van der Waals surface area contributed by atoms with Crippen molar-refractivity contribution in [1.82, 2.24) is 10.2 Å². The van der Waals surface area contributed by atoms with E-state index < -0.39 is 24.9 Å². The molecule has 1 fully saturated rings. The highest BCUT2D eigenvalue weighted by Gasteiger charge is 2.43. The van der Waals surface area contributed by atoms with Crippen LogP contribution in [0.1, 0.15) is 12.0 Å². The average molecular weight is 289 g/mol. The highest BCUT2D eigenvalue weighted by atomic mass is 35.5. The van der Waals surface area contributed by atoms with Crippen LogP contribution in [0.5, 0.6) is 0 Å². The molecule has 104 valence electrons. The SMILES string of the molecule is CN(Cc1cccc(Cl)c1)C(=O)C1CC(F)(F)CN1. The normalized spacial score (nSPS) is 21.4. The van der Waals surface area contributed by atoms with Gasteiger partial charge in [0.1, 0.15) is 0 Å². The molecule has 1 saturated heterocycles. The third-order valence-corrected chi connectivity index (χ3v) is 3.33. The van der Waals surface area contributed by atoms with E-state index in [-0.39, 0.29) is 5.91 Å². The number of halogens is 3. The van der Waals surface area contributed by atoms with Crippen LogP contribution in [0, 0.1) is 0 Å². The van der Waals surface area contributed by atoms with Crippen LogP contribution in [0.4, 0.5) is 8.78 Å². The number of carbonyl (C=O) groups is 1. The fraction of sp³-hybridized carbons (Fsp3) is 0.462. The minimum atomic E-state index is -2.79. The van der Waals surface area contributed by atoms with E-state index in [1.165, 1.54) is 4.90 Å². The van der Waals surface area contributed by atoms with Gasteiger partial charge in [0.2, 0.25) is 5.91 Å². The number of hydrogen-bond donors (Lipinski definition) is 1. The summed E-state index contributed by atoms with van der Waals surface area (Å²) in [7, 11) is 1.60. The molecule has 2 rings (SSSR count). The van der Waals surface area contributed by atoms with Gasteiger partial charge in [-0.3, -0.25) is 10.1 Å². The van der Waals surface area contributed by atoms with Gasteiger partial charge in [-0.15, -0.1) is 0 Å². The zero-order chi connectivity index (χ0) is 14.0. The van der Waals surface area contributed by atoms with Crippen LogP contribution in [0.25, 0.3) is 0 Å². The minimum absolute atomic E-state index is 0.322. The van der Waals surface area contributed by atoms with Gasteiger partial charge in [-0.1, -0.05) is 23.7 Å². The fourth-order valence-electron chi connectivity index (χ4n) is 2.14. The van der Waals surface area contributed by atoms with E-state index in [2.05, 4.69) is 5.32 Å². The van der Waals surface area contributed by atoms with Gasteiger partial charge in [-0.05, 0) is 17.7 Å². The molecule has 6 heteroatoms. The number of likely N-dealkylation sites (N-methyl/N-ethyl adjacent to an activating group) is 1. The number of benzene rings is 1. The van der Waals surface area contributed by atoms with E-state index in [1.54, 1.807) is 25.2 Å². The van der Waals surface area contributed by atoms with Crippen molar-refractivity contribution >= 4 is 17.5 Å². The van der Waals surface area contributed by atoms with Gasteiger partial charge < -0.3 is 4.90 Å². The quantitative estimate of drug-likeness (QED) is 0.926. The Balaban J connectivity index is 1.97. The number of nitrogens with zero attached hydrogens (tertiary/aromatic N) is 1. The molecule has 1 heterocycles. The molecule has 1 aliphatic rings. The maximum atomic E-state index is 13.0. The summed E-state index contributed by atoms with van der Waals surface area (Å²) in [4.78, 5) is 13.5. The van der Waals surface area contributed by atoms with Gasteiger partial charge in [0.05, 0.1) is 12.6 Å². The molecule has 1 atom stereocenters. The van der Waals surface area contributed by atoms with Crippen molar-refractivity contribution in [3.63, 3.8) is 0 Å². The number of amides is 1. The molecule has 1 amide bonds. The van der Waals surface area contributed by atoms with Gasteiger partial charge >= 0.3 is 0 Å². The Morgan fingerprint density at radius 2 is 2.32 bits per heavy atom. The highest BCUT2D eigenvalue weighted by molar-refractivity contribution is 6.30. The largest absolute Gasteiger partial charge is 0.340 e. The van der Waals surface area contributed by atoms with E-state index in [1.807, 2.05) is 6.07 Å². The van der Waals surface area contributed by atoms with Gasteiger partial charge in [0, 0.05) is 25.0 Å². The molecule has 0 aliphatic carbocycles. The molecule has 19 heavy (non-hydrogen) atoms. The molecule has 1 aliphatic heterocycles. The minimum Gasteiger partial charge on any atom is -0.340 e. The molecule has 0 saturated carbocycles. The number of nitrogens with one attached hydrogen (secondary N) is 1. The molecule has 0 aromatic heterocycles. The number of rotatable bonds is 3. The van der Waals surface area contributed by atoms with Crippen molar-refractivity contribution in [2.75, 3.05) is 13.6 Å². The highest BCUT2D eigenvalue weighted by Crippen LogP contribution is 2.26. The standard InChI is InChI=1S/C13H15ClF2N2O/c1-18(7-9-3-2-4-10(14)5-9)12(19)11-6-13(15,16)8-17-11/h2-5,11,17H,6-8H2,1H3. The molecule has 1 unspecified atom stereocenters. The summed E-state index contributed by atoms with van der Waals surface area (Å²) in [6, 6.07) is 6.32. The second-order valence-electron chi connectivity index (χ2n) is 4.82. The van der Waals surface area contributed by atoms with Crippen molar-refractivity contribution in [2.24, 2.45) is 0 Å². The predicted octanol–water partition coefficient (Wildman–Crippen LogP) is 2.30. The van der Waals surface area contributed by atoms with Crippen molar-refractivity contribution in [3.8, 4) is 0 Å². The lowest BCUT2D eigenvalue weighted by molar-refractivity contribution is -0.132. The molecular weight excluding hydrogens is 274 g/mol. The Bertz CT molecular complexity index is 481. The van der Waals surface area contributed by atoms with Crippen LogP contribution in [0.3, 0.4) is 0 Å². The van der Waals surface area contributed by atoms with Crippen LogP contribution in [0.15, 0.2) is 24.3 Å². The Morgan fingerprint density at radius 3 is 2.89 bits per heavy atom. The molecule has 0 bridgehead atoms. The molecule has 1 aromatic rings. The van der Waals surface area contributed by atoms with E-state index in [9.17, 15) is 13.6 Å². The van der Waals surface area contributed by atoms with Crippen LogP contribution < -0.4 is 5.32 Å². The Morgan fingerprint density at radius 1 is 1.58 bits per heavy atom. The second-order valence-corrected chi connectivity index (χ2v) is 5.25. The topological polar surface area (TPSA) is 32.3 Å². The summed E-state index contributed by atoms with van der Waals surface area (Å²) < 4.78 is 26.1. The monoisotopic (exact) mass is 288 g/mol. The summed E-state index contributed by atoms with van der Waals surface area (Å²) in [6.45, 7) is -0.0858. The Labute approximate surface area is 115 Å². The van der Waals surface area contributed by atoms with Gasteiger partial charge in [-0.2, -0.15) is 0 Å². The Kier molecular flexibility index (Phi) is 4.06. The molecule has 1 N–H and O–H groups in total. The van der Waals surface area contributed by atoms with Crippen molar-refractivity contribution in [3.05, 3.63) is 34.9 Å². The zero-order valence-corrected chi connectivity index (χ0v) is 11.3. The van der Waals surface area contributed by atoms with E-state index in [0.29, 0.717) is 11.6 Å². The first-order valence-electron chi connectivity index (χ1n) is 5.98. The van der Waals surface area contributed by atoms with Crippen LogP contribution in [-0.2, 0) is 11.3 Å². The molecule has 0 spiro atoms. The molecular formula is C13H15ClF2N2O. The predicted molar refractivity (Wildman–Crippen MR) is 69.3 cm³/mol. The summed E-state index contributed by atoms with van der Waals surface area (Å²) >= 11 is 5.86. The second kappa shape index (κ2) is 5.43. The first kappa shape index (κ1) is 14.2. The lowest BCUT2D eigenvalue weighted by Gasteiger charge is -2.21. The van der Waals surface area contributed by atoms with E-state index >= 15 is 0 Å². The summed E-state index contributed by atoms with van der Waals surface area (Å²) in [5.41, 5.74) is 0.869. The fourth-order valence-corrected chi connectivity index (χ4v) is 2.36. The zero-order valence-electron chi connectivity index (χ0n) is 10.5. The van der Waals surface area contributed by atoms with Crippen molar-refractivity contribution in [2.45, 2.75) is 24.9 Å². The maximum absolute atomic E-state index is 13.0. The molecule has 3 nitrogen and oxygen atoms in total. The smallest absolute Gasteiger partial charge is 0.262 e. The number of carbonyl (C=O) groups excluding carboxylic acids is 1.